The first-order chi connectivity index (χ1) is 8.03. The van der Waals surface area contributed by atoms with Crippen LogP contribution in [0, 0.1) is 11.3 Å². The maximum absolute atomic E-state index is 9.11. The van der Waals surface area contributed by atoms with Crippen molar-refractivity contribution >= 4 is 11.3 Å². The minimum absolute atomic E-state index is 0.458. The fourth-order valence-electron chi connectivity index (χ4n) is 2.08. The number of thiazole rings is 1. The van der Waals surface area contributed by atoms with Crippen LogP contribution in [0.2, 0.25) is 0 Å². The molecule has 0 aliphatic carbocycles. The van der Waals surface area contributed by atoms with Crippen molar-refractivity contribution in [2.75, 3.05) is 20.1 Å². The Hall–Kier alpha value is -0.920. The van der Waals surface area contributed by atoms with Gasteiger partial charge in [-0.2, -0.15) is 5.26 Å². The van der Waals surface area contributed by atoms with Crippen molar-refractivity contribution in [1.29, 1.82) is 5.26 Å². The van der Waals surface area contributed by atoms with Crippen LogP contribution in [0.1, 0.15) is 43.3 Å². The van der Waals surface area contributed by atoms with E-state index in [1.165, 1.54) is 17.8 Å². The second kappa shape index (κ2) is 4.75. The Labute approximate surface area is 107 Å². The van der Waals surface area contributed by atoms with Crippen LogP contribution in [0.5, 0.6) is 0 Å². The highest BCUT2D eigenvalue weighted by Crippen LogP contribution is 2.32. The third-order valence-corrected chi connectivity index (χ3v) is 4.52. The van der Waals surface area contributed by atoms with Gasteiger partial charge >= 0.3 is 0 Å². The van der Waals surface area contributed by atoms with Crippen molar-refractivity contribution in [3.63, 3.8) is 0 Å². The second-order valence-electron chi connectivity index (χ2n) is 5.39. The first-order valence-corrected chi connectivity index (χ1v) is 6.96. The average molecular weight is 249 g/mol. The number of nitriles is 1. The molecule has 0 N–H and O–H groups in total. The van der Waals surface area contributed by atoms with Gasteiger partial charge in [0, 0.05) is 11.3 Å². The topological polar surface area (TPSA) is 39.9 Å². The minimum atomic E-state index is -0.458. The van der Waals surface area contributed by atoms with Gasteiger partial charge in [-0.15, -0.1) is 11.3 Å². The van der Waals surface area contributed by atoms with Gasteiger partial charge in [-0.3, -0.25) is 0 Å². The van der Waals surface area contributed by atoms with Gasteiger partial charge in [0.25, 0.3) is 0 Å². The van der Waals surface area contributed by atoms with E-state index in [4.69, 9.17) is 5.26 Å². The Bertz CT molecular complexity index is 422. The van der Waals surface area contributed by atoms with Crippen LogP contribution in [0.15, 0.2) is 5.38 Å². The maximum Gasteiger partial charge on any atom is 0.0960 e. The molecule has 4 heteroatoms. The number of hydrogen-bond donors (Lipinski definition) is 0. The van der Waals surface area contributed by atoms with Gasteiger partial charge in [-0.1, -0.05) is 0 Å². The Morgan fingerprint density at radius 2 is 2.12 bits per heavy atom. The largest absolute Gasteiger partial charge is 0.306 e. The van der Waals surface area contributed by atoms with E-state index in [0.717, 1.165) is 18.8 Å². The average Bonchev–Trinajstić information content (AvgIpc) is 2.80. The van der Waals surface area contributed by atoms with Gasteiger partial charge in [0.1, 0.15) is 0 Å². The molecule has 0 bridgehead atoms. The van der Waals surface area contributed by atoms with Crippen molar-refractivity contribution in [3.8, 4) is 6.07 Å². The molecule has 0 atom stereocenters. The molecular weight excluding hydrogens is 230 g/mol. The van der Waals surface area contributed by atoms with Crippen LogP contribution in [0.3, 0.4) is 0 Å². The number of likely N-dealkylation sites (tertiary alicyclic amines) is 1. The van der Waals surface area contributed by atoms with Gasteiger partial charge in [0.2, 0.25) is 0 Å². The first-order valence-electron chi connectivity index (χ1n) is 6.08. The standard InChI is InChI=1S/C13H19N3S/c1-13(2,9-14)11-8-17-12(15-11)10-4-6-16(3)7-5-10/h8,10H,4-7H2,1-3H3. The summed E-state index contributed by atoms with van der Waals surface area (Å²) in [5, 5.41) is 12.4. The lowest BCUT2D eigenvalue weighted by atomic mass is 9.92. The fourth-order valence-corrected chi connectivity index (χ4v) is 3.23. The van der Waals surface area contributed by atoms with Crippen molar-refractivity contribution in [3.05, 3.63) is 16.1 Å². The molecule has 1 aliphatic rings. The quantitative estimate of drug-likeness (QED) is 0.809. The van der Waals surface area contributed by atoms with Crippen LogP contribution in [0.25, 0.3) is 0 Å². The summed E-state index contributed by atoms with van der Waals surface area (Å²) in [6.07, 6.45) is 2.38. The highest BCUT2D eigenvalue weighted by Gasteiger charge is 2.26. The van der Waals surface area contributed by atoms with Crippen molar-refractivity contribution in [2.45, 2.75) is 38.0 Å². The second-order valence-corrected chi connectivity index (χ2v) is 6.28. The van der Waals surface area contributed by atoms with Crippen molar-refractivity contribution < 1.29 is 0 Å². The number of nitrogens with zero attached hydrogens (tertiary/aromatic N) is 3. The lowest BCUT2D eigenvalue weighted by Crippen LogP contribution is -2.29. The predicted octanol–water partition coefficient (Wildman–Crippen LogP) is 2.75. The van der Waals surface area contributed by atoms with Crippen LogP contribution in [0.4, 0.5) is 0 Å². The predicted molar refractivity (Wildman–Crippen MR) is 70.2 cm³/mol. The summed E-state index contributed by atoms with van der Waals surface area (Å²) in [6, 6.07) is 2.32. The Morgan fingerprint density at radius 3 is 2.71 bits per heavy atom. The third kappa shape index (κ3) is 2.67. The third-order valence-electron chi connectivity index (χ3n) is 3.51. The number of hydrogen-bond acceptors (Lipinski definition) is 4. The molecular formula is C13H19N3S. The molecule has 1 saturated heterocycles. The molecule has 0 amide bonds. The molecule has 0 aromatic carbocycles. The summed E-state index contributed by atoms with van der Waals surface area (Å²) in [7, 11) is 2.17. The molecule has 0 radical (unpaired) electrons. The van der Waals surface area contributed by atoms with Crippen LogP contribution < -0.4 is 0 Å². The first kappa shape index (κ1) is 12.5. The van der Waals surface area contributed by atoms with E-state index in [9.17, 15) is 0 Å². The zero-order valence-corrected chi connectivity index (χ0v) is 11.5. The van der Waals surface area contributed by atoms with E-state index < -0.39 is 5.41 Å². The Morgan fingerprint density at radius 1 is 1.47 bits per heavy atom. The molecule has 92 valence electrons. The van der Waals surface area contributed by atoms with Gasteiger partial charge in [-0.05, 0) is 46.8 Å². The number of rotatable bonds is 2. The van der Waals surface area contributed by atoms with Crippen LogP contribution in [-0.2, 0) is 5.41 Å². The number of piperidine rings is 1. The van der Waals surface area contributed by atoms with Gasteiger partial charge < -0.3 is 4.90 Å². The summed E-state index contributed by atoms with van der Waals surface area (Å²) in [4.78, 5) is 7.04. The van der Waals surface area contributed by atoms with E-state index in [1.807, 2.05) is 13.8 Å². The lowest BCUT2D eigenvalue weighted by molar-refractivity contribution is 0.255. The molecule has 1 aromatic rings. The summed E-state index contributed by atoms with van der Waals surface area (Å²) in [5.74, 6) is 0.597. The van der Waals surface area contributed by atoms with Crippen LogP contribution in [-0.4, -0.2) is 30.0 Å². The molecule has 1 fully saturated rings. The van der Waals surface area contributed by atoms with Crippen molar-refractivity contribution in [1.82, 2.24) is 9.88 Å². The molecule has 2 rings (SSSR count). The van der Waals surface area contributed by atoms with Gasteiger partial charge in [0.05, 0.1) is 22.2 Å². The normalized spacial score (nSPS) is 19.2. The SMILES string of the molecule is CN1CCC(c2nc(C(C)(C)C#N)cs2)CC1. The molecule has 1 aromatic heterocycles. The highest BCUT2D eigenvalue weighted by molar-refractivity contribution is 7.09. The molecule has 2 heterocycles. The van der Waals surface area contributed by atoms with E-state index in [2.05, 4.69) is 28.4 Å². The monoisotopic (exact) mass is 249 g/mol. The zero-order chi connectivity index (χ0) is 12.5. The smallest absolute Gasteiger partial charge is 0.0960 e. The van der Waals surface area contributed by atoms with Gasteiger partial charge in [-0.25, -0.2) is 4.98 Å². The maximum atomic E-state index is 9.11. The summed E-state index contributed by atoms with van der Waals surface area (Å²) >= 11 is 1.72. The summed E-state index contributed by atoms with van der Waals surface area (Å²) < 4.78 is 0. The lowest BCUT2D eigenvalue weighted by Gasteiger charge is -2.27. The summed E-state index contributed by atoms with van der Waals surface area (Å²) in [5.41, 5.74) is 0.471. The van der Waals surface area contributed by atoms with Crippen LogP contribution >= 0.6 is 11.3 Å². The van der Waals surface area contributed by atoms with E-state index >= 15 is 0 Å². The molecule has 0 spiro atoms. The molecule has 3 nitrogen and oxygen atoms in total. The Kier molecular flexibility index (Phi) is 3.50. The molecule has 0 saturated carbocycles. The summed E-state index contributed by atoms with van der Waals surface area (Å²) in [6.45, 7) is 6.17. The minimum Gasteiger partial charge on any atom is -0.306 e. The molecule has 1 aliphatic heterocycles. The van der Waals surface area contributed by atoms with E-state index in [-0.39, 0.29) is 0 Å². The van der Waals surface area contributed by atoms with E-state index in [1.54, 1.807) is 11.3 Å². The zero-order valence-electron chi connectivity index (χ0n) is 10.7. The number of aromatic nitrogens is 1. The fraction of sp³-hybridized carbons (Fsp3) is 0.692. The van der Waals surface area contributed by atoms with E-state index in [0.29, 0.717) is 5.92 Å². The Balaban J connectivity index is 2.11. The highest BCUT2D eigenvalue weighted by atomic mass is 32.1. The molecule has 17 heavy (non-hydrogen) atoms. The van der Waals surface area contributed by atoms with Crippen molar-refractivity contribution in [2.24, 2.45) is 0 Å². The molecule has 0 unspecified atom stereocenters. The van der Waals surface area contributed by atoms with Gasteiger partial charge in [0.15, 0.2) is 0 Å².